The van der Waals surface area contributed by atoms with Gasteiger partial charge in [0, 0.05) is 19.8 Å². The maximum Gasteiger partial charge on any atom is 0.125 e. The Kier molecular flexibility index (Phi) is 7.00. The van der Waals surface area contributed by atoms with E-state index < -0.39 is 0 Å². The van der Waals surface area contributed by atoms with Gasteiger partial charge in [0.2, 0.25) is 0 Å². The zero-order valence-corrected chi connectivity index (χ0v) is 13.1. The Morgan fingerprint density at radius 3 is 1.84 bits per heavy atom. The number of thioether (sulfide) groups is 1. The average molecular weight is 339 g/mol. The molecule has 2 rings (SSSR count). The van der Waals surface area contributed by atoms with Crippen LogP contribution in [0.2, 0.25) is 10.0 Å². The molecule has 0 saturated heterocycles. The van der Waals surface area contributed by atoms with Gasteiger partial charge in [-0.1, -0.05) is 23.2 Å². The molecular formula is C13H10Cl2F2S2. The van der Waals surface area contributed by atoms with Gasteiger partial charge >= 0.3 is 0 Å². The van der Waals surface area contributed by atoms with Crippen LogP contribution in [0.5, 0.6) is 0 Å². The lowest BCUT2D eigenvalue weighted by Gasteiger charge is -1.96. The van der Waals surface area contributed by atoms with Crippen LogP contribution >= 0.6 is 47.6 Å². The number of benzene rings is 2. The molecule has 0 aliphatic heterocycles. The highest BCUT2D eigenvalue weighted by Gasteiger charge is 1.96. The van der Waals surface area contributed by atoms with Crippen LogP contribution in [0.15, 0.2) is 46.2 Å². The number of hydrogen-bond donors (Lipinski definition) is 1. The number of thiol groups is 1. The zero-order valence-electron chi connectivity index (χ0n) is 9.83. The molecule has 19 heavy (non-hydrogen) atoms. The van der Waals surface area contributed by atoms with Crippen molar-refractivity contribution in [1.29, 1.82) is 0 Å². The van der Waals surface area contributed by atoms with Crippen molar-refractivity contribution >= 4 is 47.6 Å². The van der Waals surface area contributed by atoms with Crippen molar-refractivity contribution in [3.63, 3.8) is 0 Å². The molecule has 0 atom stereocenters. The van der Waals surface area contributed by atoms with E-state index in [4.69, 9.17) is 23.2 Å². The summed E-state index contributed by atoms with van der Waals surface area (Å²) in [7, 11) is 0. The molecule has 0 N–H and O–H groups in total. The SMILES string of the molecule is CSc1cc(F)cc(Cl)c1.Fc1cc(S)cc(Cl)c1. The van der Waals surface area contributed by atoms with Gasteiger partial charge in [-0.15, -0.1) is 24.4 Å². The molecule has 102 valence electrons. The first-order chi connectivity index (χ1) is 8.90. The summed E-state index contributed by atoms with van der Waals surface area (Å²) in [5.41, 5.74) is 0. The third-order valence-corrected chi connectivity index (χ3v) is 3.32. The average Bonchev–Trinajstić information content (AvgIpc) is 2.26. The van der Waals surface area contributed by atoms with Crippen molar-refractivity contribution in [2.75, 3.05) is 6.26 Å². The van der Waals surface area contributed by atoms with Gasteiger partial charge in [0.25, 0.3) is 0 Å². The van der Waals surface area contributed by atoms with Gasteiger partial charge in [-0.3, -0.25) is 0 Å². The predicted octanol–water partition coefficient (Wildman–Crippen LogP) is 5.97. The van der Waals surface area contributed by atoms with Crippen LogP contribution in [-0.2, 0) is 0 Å². The highest BCUT2D eigenvalue weighted by atomic mass is 35.5. The van der Waals surface area contributed by atoms with E-state index in [1.54, 1.807) is 12.1 Å². The number of halogens is 4. The first-order valence-electron chi connectivity index (χ1n) is 5.06. The van der Waals surface area contributed by atoms with Gasteiger partial charge in [-0.05, 0) is 42.7 Å². The Balaban J connectivity index is 0.000000191. The molecule has 0 unspecified atom stereocenters. The molecule has 2 aromatic carbocycles. The Bertz CT molecular complexity index is 492. The predicted molar refractivity (Wildman–Crippen MR) is 81.9 cm³/mol. The highest BCUT2D eigenvalue weighted by Crippen LogP contribution is 2.20. The molecule has 0 amide bonds. The van der Waals surface area contributed by atoms with E-state index in [0.29, 0.717) is 14.9 Å². The van der Waals surface area contributed by atoms with Crippen LogP contribution in [0.25, 0.3) is 0 Å². The Labute approximate surface area is 130 Å². The molecule has 0 heterocycles. The minimum absolute atomic E-state index is 0.281. The number of rotatable bonds is 1. The molecule has 0 aliphatic rings. The van der Waals surface area contributed by atoms with Crippen LogP contribution in [0, 0.1) is 11.6 Å². The van der Waals surface area contributed by atoms with Crippen LogP contribution in [0.1, 0.15) is 0 Å². The second-order valence-electron chi connectivity index (χ2n) is 3.44. The normalized spacial score (nSPS) is 9.79. The van der Waals surface area contributed by atoms with Crippen molar-refractivity contribution in [2.24, 2.45) is 0 Å². The lowest BCUT2D eigenvalue weighted by atomic mass is 10.3. The first kappa shape index (κ1) is 16.6. The van der Waals surface area contributed by atoms with Crippen LogP contribution in [-0.4, -0.2) is 6.26 Å². The molecule has 0 nitrogen and oxygen atoms in total. The van der Waals surface area contributed by atoms with E-state index in [-0.39, 0.29) is 11.6 Å². The molecule has 2 aromatic rings. The molecule has 0 saturated carbocycles. The summed E-state index contributed by atoms with van der Waals surface area (Å²) >= 11 is 16.4. The van der Waals surface area contributed by atoms with E-state index in [1.165, 1.54) is 36.0 Å². The van der Waals surface area contributed by atoms with E-state index in [1.807, 2.05) is 6.26 Å². The summed E-state index contributed by atoms with van der Waals surface area (Å²) < 4.78 is 24.8. The molecule has 0 spiro atoms. The fraction of sp³-hybridized carbons (Fsp3) is 0.0769. The summed E-state index contributed by atoms with van der Waals surface area (Å²) in [6.07, 6.45) is 1.88. The quantitative estimate of drug-likeness (QED) is 0.493. The van der Waals surface area contributed by atoms with E-state index in [2.05, 4.69) is 12.6 Å². The zero-order chi connectivity index (χ0) is 14.4. The Hall–Kier alpha value is -0.420. The molecule has 0 aromatic heterocycles. The minimum Gasteiger partial charge on any atom is -0.207 e. The molecule has 0 bridgehead atoms. The molecular weight excluding hydrogens is 329 g/mol. The summed E-state index contributed by atoms with van der Waals surface area (Å²) in [6, 6.07) is 8.59. The minimum atomic E-state index is -0.354. The van der Waals surface area contributed by atoms with Gasteiger partial charge in [-0.25, -0.2) is 8.78 Å². The smallest absolute Gasteiger partial charge is 0.125 e. The van der Waals surface area contributed by atoms with Crippen molar-refractivity contribution in [3.05, 3.63) is 58.1 Å². The van der Waals surface area contributed by atoms with Gasteiger partial charge in [0.15, 0.2) is 0 Å². The molecule has 6 heteroatoms. The maximum absolute atomic E-state index is 12.5. The second kappa shape index (κ2) is 8.00. The van der Waals surface area contributed by atoms with Crippen molar-refractivity contribution in [2.45, 2.75) is 9.79 Å². The van der Waals surface area contributed by atoms with E-state index in [0.717, 1.165) is 4.90 Å². The molecule has 0 radical (unpaired) electrons. The Morgan fingerprint density at radius 1 is 0.895 bits per heavy atom. The van der Waals surface area contributed by atoms with Gasteiger partial charge in [-0.2, -0.15) is 0 Å². The van der Waals surface area contributed by atoms with Gasteiger partial charge < -0.3 is 0 Å². The monoisotopic (exact) mass is 338 g/mol. The molecule has 0 aliphatic carbocycles. The lowest BCUT2D eigenvalue weighted by molar-refractivity contribution is 0.624. The molecule has 0 fully saturated rings. The second-order valence-corrected chi connectivity index (χ2v) is 5.71. The number of hydrogen-bond acceptors (Lipinski definition) is 2. The first-order valence-corrected chi connectivity index (χ1v) is 7.48. The summed E-state index contributed by atoms with van der Waals surface area (Å²) in [4.78, 5) is 1.39. The standard InChI is InChI=1S/C7H6ClFS.C6H4ClFS/c1-10-7-3-5(8)2-6(9)4-7;7-4-1-5(8)3-6(9)2-4/h2-4H,1H3;1-3,9H. The summed E-state index contributed by atoms with van der Waals surface area (Å²) in [5, 5.41) is 0.823. The fourth-order valence-electron chi connectivity index (χ4n) is 1.19. The maximum atomic E-state index is 12.5. The highest BCUT2D eigenvalue weighted by molar-refractivity contribution is 7.98. The van der Waals surface area contributed by atoms with Gasteiger partial charge in [0.05, 0.1) is 0 Å². The third kappa shape index (κ3) is 6.52. The lowest BCUT2D eigenvalue weighted by Crippen LogP contribution is -1.75. The van der Waals surface area contributed by atoms with E-state index >= 15 is 0 Å². The van der Waals surface area contributed by atoms with Crippen molar-refractivity contribution < 1.29 is 8.78 Å². The van der Waals surface area contributed by atoms with Crippen LogP contribution in [0.4, 0.5) is 8.78 Å². The summed E-state index contributed by atoms with van der Waals surface area (Å²) in [5.74, 6) is -0.635. The topological polar surface area (TPSA) is 0 Å². The summed E-state index contributed by atoms with van der Waals surface area (Å²) in [6.45, 7) is 0. The Morgan fingerprint density at radius 2 is 1.42 bits per heavy atom. The van der Waals surface area contributed by atoms with Gasteiger partial charge in [0.1, 0.15) is 11.6 Å². The van der Waals surface area contributed by atoms with Crippen LogP contribution < -0.4 is 0 Å². The van der Waals surface area contributed by atoms with Crippen LogP contribution in [0.3, 0.4) is 0 Å². The van der Waals surface area contributed by atoms with Crippen molar-refractivity contribution in [1.82, 2.24) is 0 Å². The third-order valence-electron chi connectivity index (χ3n) is 1.92. The largest absolute Gasteiger partial charge is 0.207 e. The van der Waals surface area contributed by atoms with E-state index in [9.17, 15) is 8.78 Å². The fourth-order valence-corrected chi connectivity index (χ4v) is 2.51. The van der Waals surface area contributed by atoms with Crippen molar-refractivity contribution in [3.8, 4) is 0 Å².